The van der Waals surface area contributed by atoms with Crippen LogP contribution in [0.4, 0.5) is 0 Å². The Hall–Kier alpha value is 0.370. The molecule has 0 atom stereocenters. The molecule has 0 spiro atoms. The smallest absolute Gasteiger partial charge is 0.870 e. The average Bonchev–Trinajstić information content (AvgIpc) is 2.27. The van der Waals surface area contributed by atoms with E-state index >= 15 is 0 Å². The van der Waals surface area contributed by atoms with Crippen LogP contribution in [0.5, 0.6) is 0 Å². The minimum atomic E-state index is 0. The molecule has 0 saturated carbocycles. The summed E-state index contributed by atoms with van der Waals surface area (Å²) in [5.41, 5.74) is 0.0711. The van der Waals surface area contributed by atoms with Crippen LogP contribution in [0.15, 0.2) is 6.08 Å². The van der Waals surface area contributed by atoms with Crippen molar-refractivity contribution in [3.05, 3.63) is 12.2 Å². The van der Waals surface area contributed by atoms with Crippen LogP contribution in [-0.2, 0) is 4.79 Å². The summed E-state index contributed by atoms with van der Waals surface area (Å²) in [5.74, 6) is 0.434. The van der Waals surface area contributed by atoms with Gasteiger partial charge in [0.1, 0.15) is 0 Å². The first-order valence-corrected chi connectivity index (χ1v) is 6.17. The zero-order chi connectivity index (χ0) is 11.9. The van der Waals surface area contributed by atoms with Crippen LogP contribution < -0.4 is 29.6 Å². The second-order valence-corrected chi connectivity index (χ2v) is 4.47. The van der Waals surface area contributed by atoms with Gasteiger partial charge in [-0.05, 0) is 5.92 Å². The largest absolute Gasteiger partial charge is 1.00 e. The van der Waals surface area contributed by atoms with Crippen molar-refractivity contribution in [2.45, 2.75) is 60.3 Å². The minimum Gasteiger partial charge on any atom is -0.870 e. The Kier molecular flexibility index (Phi) is 15.2. The first-order valence-electron chi connectivity index (χ1n) is 6.17. The summed E-state index contributed by atoms with van der Waals surface area (Å²) in [5, 5.41) is 0. The van der Waals surface area contributed by atoms with E-state index in [9.17, 15) is 4.79 Å². The van der Waals surface area contributed by atoms with Gasteiger partial charge in [-0.15, -0.1) is 0 Å². The van der Waals surface area contributed by atoms with E-state index in [4.69, 9.17) is 0 Å². The van der Waals surface area contributed by atoms with Crippen LogP contribution in [0, 0.1) is 17.4 Å². The molecule has 0 aromatic rings. The molecule has 17 heavy (non-hydrogen) atoms. The number of allylic oxidation sites excluding steroid dienone is 2. The van der Waals surface area contributed by atoms with Gasteiger partial charge in [0.25, 0.3) is 0 Å². The monoisotopic (exact) mass is 249 g/mol. The van der Waals surface area contributed by atoms with Crippen LogP contribution in [0.1, 0.15) is 60.3 Å². The summed E-state index contributed by atoms with van der Waals surface area (Å²) in [6.07, 6.45) is 8.90. The van der Waals surface area contributed by atoms with E-state index in [1.807, 2.05) is 0 Å². The van der Waals surface area contributed by atoms with Gasteiger partial charge >= 0.3 is 29.6 Å². The molecule has 0 aliphatic carbocycles. The molecule has 0 amide bonds. The van der Waals surface area contributed by atoms with E-state index in [0.29, 0.717) is 0 Å². The van der Waals surface area contributed by atoms with Gasteiger partial charge in [-0.25, -0.2) is 0 Å². The van der Waals surface area contributed by atoms with E-state index in [2.05, 4.69) is 40.7 Å². The molecule has 0 heterocycles. The van der Waals surface area contributed by atoms with Crippen molar-refractivity contribution in [2.24, 2.45) is 11.3 Å². The molecule has 3 heteroatoms. The summed E-state index contributed by atoms with van der Waals surface area (Å²) < 4.78 is 0. The van der Waals surface area contributed by atoms with Gasteiger partial charge in [-0.2, -0.15) is 6.08 Å². The fourth-order valence-electron chi connectivity index (χ4n) is 1.51. The molecule has 0 aliphatic rings. The third-order valence-corrected chi connectivity index (χ3v) is 3.51. The summed E-state index contributed by atoms with van der Waals surface area (Å²) in [7, 11) is 0. The maximum absolute atomic E-state index is 11.8. The predicted molar refractivity (Wildman–Crippen MR) is 67.5 cm³/mol. The number of carbonyl (C=O) groups is 1. The van der Waals surface area contributed by atoms with E-state index in [1.54, 1.807) is 6.08 Å². The molecule has 0 radical (unpaired) electrons. The van der Waals surface area contributed by atoms with Crippen LogP contribution in [0.2, 0.25) is 0 Å². The summed E-state index contributed by atoms with van der Waals surface area (Å²) in [6.45, 7) is 10.6. The Balaban J connectivity index is -0.000000980. The number of ketones is 1. The van der Waals surface area contributed by atoms with Crippen molar-refractivity contribution in [3.63, 3.8) is 0 Å². The standard InChI is InChI=1S/C14H25O.Na.H2O/c1-6-12(7-2)13(15)10-11-14(5,8-3)9-4;;/h10,12H,6-9H2,1-5H3;;1H2/q-1;+1;/p-1. The molecule has 0 unspecified atom stereocenters. The molecule has 0 aromatic carbocycles. The number of hydrogen-bond donors (Lipinski definition) is 0. The third kappa shape index (κ3) is 8.15. The fraction of sp³-hybridized carbons (Fsp3) is 0.786. The molecular formula is C14H26NaO2-. The quantitative estimate of drug-likeness (QED) is 0.384. The van der Waals surface area contributed by atoms with E-state index in [-0.39, 0.29) is 52.1 Å². The molecule has 0 bridgehead atoms. The molecule has 1 N–H and O–H groups in total. The normalized spacial score (nSPS) is 11.2. The summed E-state index contributed by atoms with van der Waals surface area (Å²) >= 11 is 0. The molecular weight excluding hydrogens is 223 g/mol. The van der Waals surface area contributed by atoms with Crippen molar-refractivity contribution in [3.8, 4) is 0 Å². The average molecular weight is 249 g/mol. The Morgan fingerprint density at radius 2 is 1.59 bits per heavy atom. The maximum atomic E-state index is 11.8. The molecule has 2 nitrogen and oxygen atoms in total. The second-order valence-electron chi connectivity index (χ2n) is 4.47. The molecule has 96 valence electrons. The number of carbonyl (C=O) groups excluding carboxylic acids is 1. The van der Waals surface area contributed by atoms with Crippen LogP contribution in [0.25, 0.3) is 0 Å². The number of rotatable bonds is 7. The fourth-order valence-corrected chi connectivity index (χ4v) is 1.51. The third-order valence-electron chi connectivity index (χ3n) is 3.51. The molecule has 0 aromatic heterocycles. The first-order chi connectivity index (χ1) is 7.02. The van der Waals surface area contributed by atoms with Crippen molar-refractivity contribution < 1.29 is 39.8 Å². The van der Waals surface area contributed by atoms with Crippen LogP contribution >= 0.6 is 0 Å². The second kappa shape index (κ2) is 11.5. The van der Waals surface area contributed by atoms with Gasteiger partial charge in [-0.1, -0.05) is 65.7 Å². The van der Waals surface area contributed by atoms with Crippen LogP contribution in [0.3, 0.4) is 0 Å². The van der Waals surface area contributed by atoms with Crippen molar-refractivity contribution in [2.75, 3.05) is 0 Å². The van der Waals surface area contributed by atoms with Gasteiger partial charge in [0.15, 0.2) is 0 Å². The molecule has 0 fully saturated rings. The van der Waals surface area contributed by atoms with Gasteiger partial charge in [-0.3, -0.25) is 6.08 Å². The summed E-state index contributed by atoms with van der Waals surface area (Å²) in [6, 6.07) is 0. The van der Waals surface area contributed by atoms with E-state index in [1.165, 1.54) is 0 Å². The Labute approximate surface area is 129 Å². The van der Waals surface area contributed by atoms with Crippen molar-refractivity contribution >= 4 is 5.78 Å². The summed E-state index contributed by atoms with van der Waals surface area (Å²) in [4.78, 5) is 11.8. The van der Waals surface area contributed by atoms with Gasteiger partial charge in [0.2, 0.25) is 0 Å². The first kappa shape index (κ1) is 22.5. The molecule has 0 aliphatic heterocycles. The molecule has 0 saturated heterocycles. The molecule has 0 rings (SSSR count). The zero-order valence-electron chi connectivity index (χ0n) is 12.3. The topological polar surface area (TPSA) is 47.1 Å². The predicted octanol–water partition coefficient (Wildman–Crippen LogP) is 1.00. The Morgan fingerprint density at radius 1 is 1.18 bits per heavy atom. The Morgan fingerprint density at radius 3 is 1.88 bits per heavy atom. The van der Waals surface area contributed by atoms with E-state index in [0.717, 1.165) is 25.7 Å². The number of hydrogen-bond acceptors (Lipinski definition) is 2. The van der Waals surface area contributed by atoms with E-state index < -0.39 is 0 Å². The van der Waals surface area contributed by atoms with Crippen molar-refractivity contribution in [1.82, 2.24) is 0 Å². The minimum absolute atomic E-state index is 0. The van der Waals surface area contributed by atoms with Gasteiger partial charge < -0.3 is 10.3 Å². The van der Waals surface area contributed by atoms with Crippen LogP contribution in [-0.4, -0.2) is 11.3 Å². The Bertz CT molecular complexity index is 216. The van der Waals surface area contributed by atoms with Gasteiger partial charge in [0.05, 0.1) is 0 Å². The SMILES string of the molecule is CCC(CC)C(=O)C=[C-]C(C)(CC)CC.[Na+].[OH-]. The van der Waals surface area contributed by atoms with Gasteiger partial charge in [0, 0.05) is 5.78 Å². The zero-order valence-corrected chi connectivity index (χ0v) is 14.3. The van der Waals surface area contributed by atoms with Crippen molar-refractivity contribution in [1.29, 1.82) is 0 Å². The maximum Gasteiger partial charge on any atom is 1.00 e.